The van der Waals surface area contributed by atoms with Crippen molar-refractivity contribution in [3.63, 3.8) is 0 Å². The number of benzene rings is 3. The number of nitrogens with zero attached hydrogens (tertiary/aromatic N) is 6. The Balaban J connectivity index is 1.06. The van der Waals surface area contributed by atoms with Crippen LogP contribution in [0.3, 0.4) is 0 Å². The number of thioether (sulfide) groups is 1. The zero-order valence-corrected chi connectivity index (χ0v) is 26.8. The zero-order valence-electron chi connectivity index (χ0n) is 23.6. The molecule has 6 rings (SSSR count). The molecule has 1 unspecified atom stereocenters. The largest absolute Gasteiger partial charge is 0.339 e. The van der Waals surface area contributed by atoms with Gasteiger partial charge in [-0.05, 0) is 61.4 Å². The Kier molecular flexibility index (Phi) is 8.97. The lowest BCUT2D eigenvalue weighted by Gasteiger charge is -2.40. The molecular weight excluding hydrogens is 648 g/mol. The lowest BCUT2D eigenvalue weighted by atomic mass is 10.1. The van der Waals surface area contributed by atoms with Crippen molar-refractivity contribution in [2.75, 3.05) is 25.4 Å². The average molecular weight is 678 g/mol. The third-order valence-corrected chi connectivity index (χ3v) is 9.41. The number of hydrogen-bond donors (Lipinski definition) is 0. The average Bonchev–Trinajstić information content (AvgIpc) is 3.33. The van der Waals surface area contributed by atoms with E-state index < -0.39 is 0 Å². The number of halogens is 2. The molecule has 0 radical (unpaired) electrons. The van der Waals surface area contributed by atoms with Crippen LogP contribution in [0.4, 0.5) is 0 Å². The van der Waals surface area contributed by atoms with Crippen LogP contribution >= 0.6 is 39.3 Å². The highest BCUT2D eigenvalue weighted by Crippen LogP contribution is 2.28. The number of fused-ring (bicyclic) bond motifs is 3. The van der Waals surface area contributed by atoms with Crippen molar-refractivity contribution in [3.8, 4) is 0 Å². The number of carbonyl (C=O) groups excluding carboxylic acids is 2. The molecule has 1 aliphatic heterocycles. The van der Waals surface area contributed by atoms with Crippen molar-refractivity contribution in [2.45, 2.75) is 37.5 Å². The van der Waals surface area contributed by atoms with Gasteiger partial charge in [0.05, 0.1) is 5.52 Å². The molecule has 3 aromatic carbocycles. The van der Waals surface area contributed by atoms with Gasteiger partial charge in [0.2, 0.25) is 11.1 Å². The molecule has 220 valence electrons. The van der Waals surface area contributed by atoms with Crippen LogP contribution in [0, 0.1) is 0 Å². The Morgan fingerprint density at radius 2 is 1.77 bits per heavy atom. The first-order chi connectivity index (χ1) is 20.9. The van der Waals surface area contributed by atoms with Crippen LogP contribution in [0.5, 0.6) is 0 Å². The molecule has 1 aliphatic rings. The Morgan fingerprint density at radius 1 is 1.00 bits per heavy atom. The standard InChI is InChI=1S/C32H30BrClN6O2S/c1-21-19-38(16-17-39(21)31(42)23-10-14-25(34)15-11-23)28(41)7-4-18-43-32-35-30-29(36-37-32)26-5-2-3-6-27(26)40(30)20-22-8-12-24(33)13-9-22/h2-3,5-6,8-15,21H,4,7,16-20H2,1H3. The third-order valence-electron chi connectivity index (χ3n) is 7.71. The third kappa shape index (κ3) is 6.56. The van der Waals surface area contributed by atoms with E-state index in [0.717, 1.165) is 26.5 Å². The van der Waals surface area contributed by atoms with Crippen molar-refractivity contribution >= 4 is 73.2 Å². The van der Waals surface area contributed by atoms with E-state index in [4.69, 9.17) is 16.6 Å². The van der Waals surface area contributed by atoms with E-state index >= 15 is 0 Å². The van der Waals surface area contributed by atoms with E-state index in [0.29, 0.717) is 60.5 Å². The summed E-state index contributed by atoms with van der Waals surface area (Å²) in [7, 11) is 0. The molecule has 0 N–H and O–H groups in total. The van der Waals surface area contributed by atoms with E-state index in [9.17, 15) is 9.59 Å². The van der Waals surface area contributed by atoms with E-state index in [2.05, 4.69) is 55.0 Å². The SMILES string of the molecule is CC1CN(C(=O)CCCSc2nnc3c4ccccc4n(Cc4ccc(Br)cc4)c3n2)CCN1C(=O)c1ccc(Cl)cc1. The maximum absolute atomic E-state index is 13.0. The lowest BCUT2D eigenvalue weighted by Crippen LogP contribution is -2.55. The number of aromatic nitrogens is 4. The fraction of sp³-hybridized carbons (Fsp3) is 0.281. The van der Waals surface area contributed by atoms with Crippen LogP contribution < -0.4 is 0 Å². The van der Waals surface area contributed by atoms with Gasteiger partial charge in [-0.15, -0.1) is 10.2 Å². The molecule has 1 saturated heterocycles. The molecule has 5 aromatic rings. The highest BCUT2D eigenvalue weighted by atomic mass is 79.9. The van der Waals surface area contributed by atoms with E-state index in [1.54, 1.807) is 24.3 Å². The van der Waals surface area contributed by atoms with E-state index in [1.165, 1.54) is 17.3 Å². The summed E-state index contributed by atoms with van der Waals surface area (Å²) in [6, 6.07) is 23.3. The normalized spacial score (nSPS) is 15.4. The van der Waals surface area contributed by atoms with Gasteiger partial charge >= 0.3 is 0 Å². The summed E-state index contributed by atoms with van der Waals surface area (Å²) >= 11 is 11.0. The first-order valence-electron chi connectivity index (χ1n) is 14.2. The van der Waals surface area contributed by atoms with Crippen LogP contribution in [-0.4, -0.2) is 72.8 Å². The minimum absolute atomic E-state index is 0.0332. The Morgan fingerprint density at radius 3 is 2.53 bits per heavy atom. The summed E-state index contributed by atoms with van der Waals surface area (Å²) < 4.78 is 3.23. The molecule has 0 bridgehead atoms. The van der Waals surface area contributed by atoms with E-state index in [1.807, 2.05) is 41.0 Å². The van der Waals surface area contributed by atoms with Crippen molar-refractivity contribution in [3.05, 3.63) is 93.4 Å². The maximum Gasteiger partial charge on any atom is 0.254 e. The predicted molar refractivity (Wildman–Crippen MR) is 175 cm³/mol. The van der Waals surface area contributed by atoms with Gasteiger partial charge < -0.3 is 14.4 Å². The van der Waals surface area contributed by atoms with Gasteiger partial charge in [-0.1, -0.05) is 69.6 Å². The summed E-state index contributed by atoms with van der Waals surface area (Å²) in [4.78, 5) is 34.6. The molecule has 3 heterocycles. The van der Waals surface area contributed by atoms with Crippen molar-refractivity contribution in [1.82, 2.24) is 29.5 Å². The number of amides is 2. The van der Waals surface area contributed by atoms with Crippen LogP contribution in [0.2, 0.25) is 5.02 Å². The lowest BCUT2D eigenvalue weighted by molar-refractivity contribution is -0.133. The number of piperazine rings is 1. The number of hydrogen-bond acceptors (Lipinski definition) is 6. The fourth-order valence-corrected chi connectivity index (χ4v) is 6.58. The molecule has 2 amide bonds. The second-order valence-electron chi connectivity index (χ2n) is 10.6. The molecule has 2 aromatic heterocycles. The van der Waals surface area contributed by atoms with Gasteiger partial charge in [0.15, 0.2) is 5.65 Å². The summed E-state index contributed by atoms with van der Waals surface area (Å²) in [6.07, 6.45) is 1.13. The van der Waals surface area contributed by atoms with Gasteiger partial charge in [-0.3, -0.25) is 9.59 Å². The van der Waals surface area contributed by atoms with E-state index in [-0.39, 0.29) is 17.9 Å². The van der Waals surface area contributed by atoms with Crippen molar-refractivity contribution < 1.29 is 9.59 Å². The minimum atomic E-state index is -0.0642. The topological polar surface area (TPSA) is 84.2 Å². The van der Waals surface area contributed by atoms with Gasteiger partial charge in [-0.25, -0.2) is 4.98 Å². The highest BCUT2D eigenvalue weighted by molar-refractivity contribution is 9.10. The summed E-state index contributed by atoms with van der Waals surface area (Å²) in [5.74, 6) is 0.778. The molecule has 11 heteroatoms. The Hall–Kier alpha value is -3.47. The summed E-state index contributed by atoms with van der Waals surface area (Å²) in [5.41, 5.74) is 4.44. The number of carbonyl (C=O) groups is 2. The molecule has 0 saturated carbocycles. The molecular formula is C32H30BrClN6O2S. The van der Waals surface area contributed by atoms with Gasteiger partial charge in [0.25, 0.3) is 5.91 Å². The minimum Gasteiger partial charge on any atom is -0.339 e. The molecule has 43 heavy (non-hydrogen) atoms. The summed E-state index contributed by atoms with van der Waals surface area (Å²) in [5, 5.41) is 11.2. The molecule has 8 nitrogen and oxygen atoms in total. The second kappa shape index (κ2) is 13.0. The van der Waals surface area contributed by atoms with Gasteiger partial charge in [-0.2, -0.15) is 0 Å². The molecule has 1 atom stereocenters. The summed E-state index contributed by atoms with van der Waals surface area (Å²) in [6.45, 7) is 4.22. The fourth-order valence-electron chi connectivity index (χ4n) is 5.47. The second-order valence-corrected chi connectivity index (χ2v) is 13.1. The molecule has 0 aliphatic carbocycles. The van der Waals surface area contributed by atoms with Crippen molar-refractivity contribution in [1.29, 1.82) is 0 Å². The van der Waals surface area contributed by atoms with Crippen LogP contribution in [-0.2, 0) is 11.3 Å². The molecule has 1 fully saturated rings. The predicted octanol–water partition coefficient (Wildman–Crippen LogP) is 6.69. The smallest absolute Gasteiger partial charge is 0.254 e. The van der Waals surface area contributed by atoms with Crippen LogP contribution in [0.1, 0.15) is 35.7 Å². The first-order valence-corrected chi connectivity index (χ1v) is 16.4. The quantitative estimate of drug-likeness (QED) is 0.135. The van der Waals surface area contributed by atoms with Crippen LogP contribution in [0.15, 0.2) is 82.4 Å². The Labute approximate surface area is 267 Å². The van der Waals surface area contributed by atoms with Gasteiger partial charge in [0.1, 0.15) is 5.52 Å². The maximum atomic E-state index is 13.0. The van der Waals surface area contributed by atoms with Crippen LogP contribution in [0.25, 0.3) is 22.1 Å². The monoisotopic (exact) mass is 676 g/mol. The Bertz CT molecular complexity index is 1780. The van der Waals surface area contributed by atoms with Gasteiger partial charge in [0, 0.05) is 64.8 Å². The number of rotatable bonds is 8. The molecule has 0 spiro atoms. The highest BCUT2D eigenvalue weighted by Gasteiger charge is 2.30. The number of para-hydroxylation sites is 1. The zero-order chi connectivity index (χ0) is 29.9. The van der Waals surface area contributed by atoms with Crippen molar-refractivity contribution in [2.24, 2.45) is 0 Å². The first kappa shape index (κ1) is 29.6.